The lowest BCUT2D eigenvalue weighted by Gasteiger charge is -2.29. The Morgan fingerprint density at radius 1 is 1.15 bits per heavy atom. The molecule has 1 aliphatic heterocycles. The van der Waals surface area contributed by atoms with Crippen molar-refractivity contribution in [3.8, 4) is 11.5 Å². The fraction of sp³-hybridized carbons (Fsp3) is 0.381. The van der Waals surface area contributed by atoms with E-state index >= 15 is 0 Å². The Balaban J connectivity index is 1.74. The summed E-state index contributed by atoms with van der Waals surface area (Å²) >= 11 is 0. The van der Waals surface area contributed by atoms with Gasteiger partial charge in [-0.15, -0.1) is 0 Å². The predicted molar refractivity (Wildman–Crippen MR) is 99.4 cm³/mol. The highest BCUT2D eigenvalue weighted by molar-refractivity contribution is 5.87. The molecule has 0 fully saturated rings. The highest BCUT2D eigenvalue weighted by atomic mass is 19.1. The molecular weight excluding hydrogens is 349 g/mol. The Morgan fingerprint density at radius 3 is 2.56 bits per heavy atom. The lowest BCUT2D eigenvalue weighted by Crippen LogP contribution is -2.46. The van der Waals surface area contributed by atoms with Gasteiger partial charge < -0.3 is 19.9 Å². The van der Waals surface area contributed by atoms with Gasteiger partial charge in [0, 0.05) is 0 Å². The van der Waals surface area contributed by atoms with Gasteiger partial charge in [0.25, 0.3) is 0 Å². The number of benzene rings is 2. The van der Waals surface area contributed by atoms with Crippen molar-refractivity contribution in [2.75, 3.05) is 13.2 Å². The molecule has 0 unspecified atom stereocenters. The van der Waals surface area contributed by atoms with Gasteiger partial charge in [-0.1, -0.05) is 18.2 Å². The van der Waals surface area contributed by atoms with E-state index in [9.17, 15) is 14.3 Å². The van der Waals surface area contributed by atoms with Crippen LogP contribution in [0.25, 0.3) is 0 Å². The summed E-state index contributed by atoms with van der Waals surface area (Å²) in [6.45, 7) is 6.27. The van der Waals surface area contributed by atoms with Crippen molar-refractivity contribution in [1.29, 1.82) is 0 Å². The van der Waals surface area contributed by atoms with E-state index in [-0.39, 0.29) is 5.91 Å². The van der Waals surface area contributed by atoms with Gasteiger partial charge in [-0.3, -0.25) is 4.79 Å². The maximum atomic E-state index is 13.4. The number of carbonyl (C=O) groups excluding carboxylic acids is 1. The summed E-state index contributed by atoms with van der Waals surface area (Å²) in [6, 6.07) is 10.6. The van der Waals surface area contributed by atoms with Crippen molar-refractivity contribution < 1.29 is 23.8 Å². The first-order valence-corrected chi connectivity index (χ1v) is 8.93. The van der Waals surface area contributed by atoms with E-state index in [0.29, 0.717) is 30.3 Å². The second-order valence-corrected chi connectivity index (χ2v) is 7.25. The van der Waals surface area contributed by atoms with Crippen molar-refractivity contribution in [3.05, 3.63) is 59.4 Å². The SMILES string of the molecule is C[C@@H](NC(=O)C(C)(C)c1ccc2c(c1)OCCO2)[C@H](O)c1cccc(F)c1. The van der Waals surface area contributed by atoms with Crippen LogP contribution < -0.4 is 14.8 Å². The van der Waals surface area contributed by atoms with E-state index in [4.69, 9.17) is 9.47 Å². The number of halogens is 1. The number of hydrogen-bond donors (Lipinski definition) is 2. The third kappa shape index (κ3) is 4.06. The summed E-state index contributed by atoms with van der Waals surface area (Å²) < 4.78 is 24.5. The van der Waals surface area contributed by atoms with Gasteiger partial charge in [0.1, 0.15) is 19.0 Å². The average Bonchev–Trinajstić information content (AvgIpc) is 2.66. The Hall–Kier alpha value is -2.60. The van der Waals surface area contributed by atoms with E-state index in [2.05, 4.69) is 5.32 Å². The zero-order chi connectivity index (χ0) is 19.6. The molecule has 1 aliphatic rings. The Kier molecular flexibility index (Phi) is 5.37. The van der Waals surface area contributed by atoms with E-state index < -0.39 is 23.4 Å². The van der Waals surface area contributed by atoms with Crippen molar-refractivity contribution >= 4 is 5.91 Å². The topological polar surface area (TPSA) is 67.8 Å². The molecule has 144 valence electrons. The summed E-state index contributed by atoms with van der Waals surface area (Å²) in [5.74, 6) is 0.604. The van der Waals surface area contributed by atoms with Gasteiger partial charge in [-0.25, -0.2) is 4.39 Å². The minimum Gasteiger partial charge on any atom is -0.486 e. The van der Waals surface area contributed by atoms with Crippen LogP contribution in [-0.2, 0) is 10.2 Å². The largest absolute Gasteiger partial charge is 0.486 e. The number of aliphatic hydroxyl groups excluding tert-OH is 1. The molecular formula is C21H24FNO4. The minimum atomic E-state index is -1.01. The molecule has 2 atom stereocenters. The Labute approximate surface area is 158 Å². The smallest absolute Gasteiger partial charge is 0.230 e. The molecule has 5 nitrogen and oxygen atoms in total. The zero-order valence-corrected chi connectivity index (χ0v) is 15.7. The molecule has 0 aromatic heterocycles. The number of fused-ring (bicyclic) bond motifs is 1. The van der Waals surface area contributed by atoms with Crippen LogP contribution in [0.15, 0.2) is 42.5 Å². The lowest BCUT2D eigenvalue weighted by molar-refractivity contribution is -0.127. The van der Waals surface area contributed by atoms with Crippen LogP contribution in [0.4, 0.5) is 4.39 Å². The summed E-state index contributed by atoms with van der Waals surface area (Å²) in [7, 11) is 0. The number of rotatable bonds is 5. The molecule has 0 saturated carbocycles. The molecule has 0 spiro atoms. The van der Waals surface area contributed by atoms with Crippen LogP contribution >= 0.6 is 0 Å². The maximum Gasteiger partial charge on any atom is 0.230 e. The van der Waals surface area contributed by atoms with Crippen molar-refractivity contribution in [2.24, 2.45) is 0 Å². The van der Waals surface area contributed by atoms with Crippen LogP contribution in [0.3, 0.4) is 0 Å². The highest BCUT2D eigenvalue weighted by Gasteiger charge is 2.33. The fourth-order valence-corrected chi connectivity index (χ4v) is 3.01. The average molecular weight is 373 g/mol. The predicted octanol–water partition coefficient (Wildman–Crippen LogP) is 3.11. The molecule has 27 heavy (non-hydrogen) atoms. The standard InChI is InChI=1S/C21H24FNO4/c1-13(19(24)14-5-4-6-16(22)11-14)23-20(25)21(2,3)15-7-8-17-18(12-15)27-10-9-26-17/h4-8,11-13,19,24H,9-10H2,1-3H3,(H,23,25)/t13-,19+/m1/s1. The van der Waals surface area contributed by atoms with Gasteiger partial charge in [0.2, 0.25) is 5.91 Å². The first-order valence-electron chi connectivity index (χ1n) is 8.93. The van der Waals surface area contributed by atoms with Crippen LogP contribution in [0.5, 0.6) is 11.5 Å². The van der Waals surface area contributed by atoms with Crippen LogP contribution in [-0.4, -0.2) is 30.3 Å². The summed E-state index contributed by atoms with van der Waals surface area (Å²) in [4.78, 5) is 12.9. The molecule has 0 radical (unpaired) electrons. The Bertz CT molecular complexity index is 837. The van der Waals surface area contributed by atoms with E-state index in [1.165, 1.54) is 18.2 Å². The quantitative estimate of drug-likeness (QED) is 0.845. The Morgan fingerprint density at radius 2 is 1.85 bits per heavy atom. The first-order chi connectivity index (χ1) is 12.8. The van der Waals surface area contributed by atoms with Crippen molar-refractivity contribution in [2.45, 2.75) is 38.3 Å². The van der Waals surface area contributed by atoms with Crippen LogP contribution in [0, 0.1) is 5.82 Å². The number of carbonyl (C=O) groups is 1. The number of hydrogen-bond acceptors (Lipinski definition) is 4. The van der Waals surface area contributed by atoms with E-state index in [0.717, 1.165) is 5.56 Å². The second kappa shape index (κ2) is 7.56. The first kappa shape index (κ1) is 19.2. The fourth-order valence-electron chi connectivity index (χ4n) is 3.01. The lowest BCUT2D eigenvalue weighted by atomic mass is 9.83. The minimum absolute atomic E-state index is 0.248. The number of aliphatic hydroxyl groups is 1. The van der Waals surface area contributed by atoms with Crippen LogP contribution in [0.1, 0.15) is 38.0 Å². The molecule has 2 N–H and O–H groups in total. The monoisotopic (exact) mass is 373 g/mol. The highest BCUT2D eigenvalue weighted by Crippen LogP contribution is 2.35. The van der Waals surface area contributed by atoms with Crippen molar-refractivity contribution in [1.82, 2.24) is 5.32 Å². The molecule has 1 amide bonds. The molecule has 2 aromatic carbocycles. The van der Waals surface area contributed by atoms with Gasteiger partial charge in [-0.2, -0.15) is 0 Å². The zero-order valence-electron chi connectivity index (χ0n) is 15.7. The van der Waals surface area contributed by atoms with Gasteiger partial charge in [0.05, 0.1) is 17.6 Å². The molecule has 6 heteroatoms. The molecule has 0 aliphatic carbocycles. The number of ether oxygens (including phenoxy) is 2. The number of amides is 1. The normalized spacial score (nSPS) is 15.7. The van der Waals surface area contributed by atoms with Gasteiger partial charge in [0.15, 0.2) is 11.5 Å². The van der Waals surface area contributed by atoms with Gasteiger partial charge in [-0.05, 0) is 56.2 Å². The molecule has 0 bridgehead atoms. The maximum absolute atomic E-state index is 13.4. The summed E-state index contributed by atoms with van der Waals surface area (Å²) in [6.07, 6.45) is -1.01. The van der Waals surface area contributed by atoms with Gasteiger partial charge >= 0.3 is 0 Å². The van der Waals surface area contributed by atoms with E-state index in [1.807, 2.05) is 12.1 Å². The van der Waals surface area contributed by atoms with Crippen molar-refractivity contribution in [3.63, 3.8) is 0 Å². The van der Waals surface area contributed by atoms with E-state index in [1.54, 1.807) is 32.9 Å². The molecule has 1 heterocycles. The summed E-state index contributed by atoms with van der Waals surface area (Å²) in [5, 5.41) is 13.3. The van der Waals surface area contributed by atoms with Crippen LogP contribution in [0.2, 0.25) is 0 Å². The third-order valence-corrected chi connectivity index (χ3v) is 4.85. The molecule has 0 saturated heterocycles. The molecule has 3 rings (SSSR count). The second-order valence-electron chi connectivity index (χ2n) is 7.25. The number of nitrogens with one attached hydrogen (secondary N) is 1. The third-order valence-electron chi connectivity index (χ3n) is 4.85. The summed E-state index contributed by atoms with van der Waals surface area (Å²) in [5.41, 5.74) is 0.336. The molecule has 2 aromatic rings.